The van der Waals surface area contributed by atoms with Crippen LogP contribution in [-0.2, 0) is 0 Å². The third-order valence-electron chi connectivity index (χ3n) is 9.23. The highest BCUT2D eigenvalue weighted by atomic mass is 31.1. The molecular weight excluding hydrogens is 495 g/mol. The van der Waals surface area contributed by atoms with Gasteiger partial charge in [0, 0.05) is 26.8 Å². The van der Waals surface area contributed by atoms with Crippen molar-refractivity contribution in [3.8, 4) is 5.30 Å². The van der Waals surface area contributed by atoms with Crippen LogP contribution in [0.25, 0.3) is 81.4 Å². The standard InChI is InChI=1S/C35H25N2OP/c1-16-6-8-23-21(10-16)29-19(4)14-27-34-31(29)36(23)25-12-18(3)13-26-33(25)39(34)35-28(38-27)15-20(5)30-22-11-17(2)7-9-24(22)37(26)32(30)35/h6-15H,1-5H3. The Morgan fingerprint density at radius 1 is 0.538 bits per heavy atom. The second kappa shape index (κ2) is 6.33. The van der Waals surface area contributed by atoms with Crippen molar-refractivity contribution in [2.75, 3.05) is 0 Å². The van der Waals surface area contributed by atoms with E-state index in [4.69, 9.17) is 4.42 Å². The molecule has 0 atom stereocenters. The summed E-state index contributed by atoms with van der Waals surface area (Å²) in [6.45, 7) is 11.2. The van der Waals surface area contributed by atoms with E-state index in [9.17, 15) is 0 Å². The number of nitrogens with zero attached hydrogens (tertiary/aromatic N) is 2. The second-order valence-electron chi connectivity index (χ2n) is 11.8. The molecule has 0 aliphatic carbocycles. The number of hydrogen-bond donors (Lipinski definition) is 0. The smallest absolute Gasteiger partial charge is 0.141 e. The normalized spacial score (nSPS) is 13.3. The van der Waals surface area contributed by atoms with Gasteiger partial charge in [-0.2, -0.15) is 0 Å². The zero-order valence-corrected chi connectivity index (χ0v) is 23.4. The summed E-state index contributed by atoms with van der Waals surface area (Å²) in [5.74, 6) is 0. The summed E-state index contributed by atoms with van der Waals surface area (Å²) in [4.78, 5) is 0. The van der Waals surface area contributed by atoms with E-state index >= 15 is 0 Å². The van der Waals surface area contributed by atoms with Gasteiger partial charge in [-0.15, -0.1) is 0 Å². The molecule has 0 saturated heterocycles. The Bertz CT molecular complexity index is 2480. The van der Waals surface area contributed by atoms with E-state index in [-0.39, 0.29) is 0 Å². The van der Waals surface area contributed by atoms with Gasteiger partial charge in [0.25, 0.3) is 0 Å². The van der Waals surface area contributed by atoms with Gasteiger partial charge in [-0.25, -0.2) is 0 Å². The molecule has 0 saturated carbocycles. The third-order valence-corrected chi connectivity index (χ3v) is 11.9. The van der Waals surface area contributed by atoms with Gasteiger partial charge in [0.2, 0.25) is 0 Å². The van der Waals surface area contributed by atoms with Crippen molar-refractivity contribution in [3.63, 3.8) is 0 Å². The number of rotatable bonds is 0. The molecule has 5 heterocycles. The summed E-state index contributed by atoms with van der Waals surface area (Å²) in [5.41, 5.74) is 16.5. The van der Waals surface area contributed by atoms with Crippen molar-refractivity contribution in [1.82, 2.24) is 8.80 Å². The first-order valence-electron chi connectivity index (χ1n) is 13.7. The number of hydrogen-bond acceptors (Lipinski definition) is 1. The number of aromatic nitrogens is 2. The molecule has 0 N–H and O–H groups in total. The van der Waals surface area contributed by atoms with Crippen LogP contribution in [0.15, 0.2) is 65.1 Å². The zero-order chi connectivity index (χ0) is 26.1. The van der Waals surface area contributed by atoms with Crippen LogP contribution in [0.3, 0.4) is 0 Å². The average Bonchev–Trinajstić information content (AvgIpc) is 3.41. The molecule has 0 amide bonds. The Hall–Kier alpha value is -4.20. The fraction of sp³-hybridized carbons (Fsp3) is 0.143. The van der Waals surface area contributed by atoms with Crippen LogP contribution in [0.1, 0.15) is 27.8 Å². The monoisotopic (exact) mass is 520 g/mol. The van der Waals surface area contributed by atoms with Crippen LogP contribution < -0.4 is 0 Å². The number of benzene rings is 5. The maximum atomic E-state index is 6.90. The molecule has 3 nitrogen and oxygen atoms in total. The average molecular weight is 521 g/mol. The maximum Gasteiger partial charge on any atom is 0.141 e. The Labute approximate surface area is 224 Å². The first kappa shape index (κ1) is 20.7. The first-order valence-corrected chi connectivity index (χ1v) is 15.0. The fourth-order valence-corrected chi connectivity index (χ4v) is 10.8. The lowest BCUT2D eigenvalue weighted by Crippen LogP contribution is -2.00. The lowest BCUT2D eigenvalue weighted by Gasteiger charge is -2.25. The second-order valence-corrected chi connectivity index (χ2v) is 13.8. The topological polar surface area (TPSA) is 22.0 Å². The molecule has 10 rings (SSSR count). The van der Waals surface area contributed by atoms with Crippen LogP contribution in [0.2, 0.25) is 0 Å². The van der Waals surface area contributed by atoms with Crippen molar-refractivity contribution in [1.29, 1.82) is 0 Å². The van der Waals surface area contributed by atoms with E-state index in [0.717, 1.165) is 11.2 Å². The number of aryl methyl sites for hydroxylation is 5. The van der Waals surface area contributed by atoms with E-state index in [0.29, 0.717) is 0 Å². The molecule has 0 spiro atoms. The molecule has 2 aliphatic rings. The minimum atomic E-state index is -0.775. The lowest BCUT2D eigenvalue weighted by atomic mass is 10.1. The van der Waals surface area contributed by atoms with Gasteiger partial charge < -0.3 is 13.2 Å². The third kappa shape index (κ3) is 2.16. The van der Waals surface area contributed by atoms with Crippen molar-refractivity contribution < 1.29 is 4.42 Å². The fourth-order valence-electron chi connectivity index (χ4n) is 7.82. The van der Waals surface area contributed by atoms with Gasteiger partial charge in [-0.3, -0.25) is 0 Å². The molecular formula is C35H25N2OP. The van der Waals surface area contributed by atoms with Gasteiger partial charge in [0.1, 0.15) is 11.2 Å². The van der Waals surface area contributed by atoms with Gasteiger partial charge in [-0.05, 0) is 99.8 Å². The molecule has 4 heteroatoms. The van der Waals surface area contributed by atoms with Crippen LogP contribution in [0, 0.1) is 34.6 Å². The molecule has 3 aromatic heterocycles. The van der Waals surface area contributed by atoms with Crippen molar-refractivity contribution in [3.05, 3.63) is 88.5 Å². The minimum Gasteiger partial charge on any atom is -0.455 e. The predicted octanol–water partition coefficient (Wildman–Crippen LogP) is 10.5. The molecule has 2 aliphatic heterocycles. The highest BCUT2D eigenvalue weighted by Gasteiger charge is 2.31. The van der Waals surface area contributed by atoms with Crippen LogP contribution >= 0.6 is 7.53 Å². The molecule has 39 heavy (non-hydrogen) atoms. The van der Waals surface area contributed by atoms with Crippen molar-refractivity contribution >= 4 is 83.6 Å². The first-order chi connectivity index (χ1) is 18.9. The van der Waals surface area contributed by atoms with Gasteiger partial charge in [0.05, 0.1) is 43.3 Å². The van der Waals surface area contributed by atoms with Gasteiger partial charge in [-0.1, -0.05) is 30.8 Å². The SMILES string of the molecule is Cc1ccc2c(c1)c1c(C)cc3oc4cc(C)c5c6cc(C)ccc6n6c7cc(C)cc8c7-p(c3c1n82)c4c56. The van der Waals surface area contributed by atoms with Crippen molar-refractivity contribution in [2.24, 2.45) is 0 Å². The quantitative estimate of drug-likeness (QED) is 0.144. The lowest BCUT2D eigenvalue weighted by molar-refractivity contribution is 0.663. The number of fused-ring (bicyclic) bond motifs is 8. The Balaban J connectivity index is 1.69. The largest absolute Gasteiger partial charge is 0.455 e. The van der Waals surface area contributed by atoms with Gasteiger partial charge in [0.15, 0.2) is 0 Å². The highest BCUT2D eigenvalue weighted by molar-refractivity contribution is 7.69. The minimum absolute atomic E-state index is 0.775. The van der Waals surface area contributed by atoms with Crippen LogP contribution in [0.4, 0.5) is 0 Å². The van der Waals surface area contributed by atoms with Crippen molar-refractivity contribution in [2.45, 2.75) is 34.6 Å². The summed E-state index contributed by atoms with van der Waals surface area (Å²) < 4.78 is 12.0. The summed E-state index contributed by atoms with van der Waals surface area (Å²) in [6, 6.07) is 23.3. The molecule has 8 aromatic rings. The zero-order valence-electron chi connectivity index (χ0n) is 22.5. The molecule has 0 fully saturated rings. The summed E-state index contributed by atoms with van der Waals surface area (Å²) >= 11 is 0. The summed E-state index contributed by atoms with van der Waals surface area (Å²) in [5, 5.41) is 9.69. The maximum absolute atomic E-state index is 6.90. The molecule has 0 unspecified atom stereocenters. The van der Waals surface area contributed by atoms with E-state index in [1.165, 1.54) is 98.0 Å². The summed E-state index contributed by atoms with van der Waals surface area (Å²) in [6.07, 6.45) is 0. The van der Waals surface area contributed by atoms with E-state index in [1.807, 2.05) is 0 Å². The Morgan fingerprint density at radius 2 is 1.03 bits per heavy atom. The molecule has 5 aromatic carbocycles. The van der Waals surface area contributed by atoms with E-state index in [1.54, 1.807) is 0 Å². The predicted molar refractivity (Wildman–Crippen MR) is 167 cm³/mol. The molecule has 0 bridgehead atoms. The van der Waals surface area contributed by atoms with Gasteiger partial charge >= 0.3 is 0 Å². The molecule has 186 valence electrons. The summed E-state index contributed by atoms with van der Waals surface area (Å²) in [7, 11) is -0.775. The van der Waals surface area contributed by atoms with E-state index in [2.05, 4.69) is 104 Å². The highest BCUT2D eigenvalue weighted by Crippen LogP contribution is 2.64. The Morgan fingerprint density at radius 3 is 1.51 bits per heavy atom. The molecule has 0 radical (unpaired) electrons. The Kier molecular flexibility index (Phi) is 3.36. The van der Waals surface area contributed by atoms with Crippen LogP contribution in [0.5, 0.6) is 0 Å². The van der Waals surface area contributed by atoms with Crippen LogP contribution in [-0.4, -0.2) is 8.80 Å². The van der Waals surface area contributed by atoms with E-state index < -0.39 is 7.53 Å².